The fourth-order valence-electron chi connectivity index (χ4n) is 2.54. The Morgan fingerprint density at radius 2 is 1.91 bits per heavy atom. The maximum atomic E-state index is 12.3. The summed E-state index contributed by atoms with van der Waals surface area (Å²) >= 11 is 3.35. The lowest BCUT2D eigenvalue weighted by Gasteiger charge is -2.11. The molecular weight excluding hydrogens is 356 g/mol. The van der Waals surface area contributed by atoms with Gasteiger partial charge in [-0.1, -0.05) is 36.4 Å². The quantitative estimate of drug-likeness (QED) is 0.763. The number of nitrogens with one attached hydrogen (secondary N) is 1. The number of nitrogens with zero attached hydrogens (tertiary/aromatic N) is 1. The Kier molecular flexibility index (Phi) is 4.30. The number of hydrogen-bond acceptors (Lipinski definition) is 2. The summed E-state index contributed by atoms with van der Waals surface area (Å²) in [4.78, 5) is 24.4. The smallest absolute Gasteiger partial charge is 0.253 e. The molecule has 0 unspecified atom stereocenters. The number of carbonyl (C=O) groups excluding carboxylic acids is 1. The molecule has 0 saturated heterocycles. The van der Waals surface area contributed by atoms with Gasteiger partial charge in [0.05, 0.1) is 0 Å². The van der Waals surface area contributed by atoms with Gasteiger partial charge in [0.2, 0.25) is 5.91 Å². The maximum absolute atomic E-state index is 12.3. The van der Waals surface area contributed by atoms with Crippen LogP contribution in [0.25, 0.3) is 10.8 Å². The molecule has 0 radical (unpaired) electrons. The van der Waals surface area contributed by atoms with E-state index >= 15 is 0 Å². The van der Waals surface area contributed by atoms with Crippen molar-refractivity contribution in [3.05, 3.63) is 75.1 Å². The number of amides is 1. The Bertz CT molecular complexity index is 942. The lowest BCUT2D eigenvalue weighted by atomic mass is 10.1. The summed E-state index contributed by atoms with van der Waals surface area (Å²) in [6, 6.07) is 15.3. The maximum Gasteiger partial charge on any atom is 0.253 e. The average molecular weight is 371 g/mol. The van der Waals surface area contributed by atoms with Crippen LogP contribution < -0.4 is 10.9 Å². The molecule has 0 spiro atoms. The molecule has 0 aliphatic heterocycles. The molecule has 0 atom stereocenters. The summed E-state index contributed by atoms with van der Waals surface area (Å²) in [5, 5.41) is 4.92. The van der Waals surface area contributed by atoms with Gasteiger partial charge < -0.3 is 9.88 Å². The molecule has 1 amide bonds. The summed E-state index contributed by atoms with van der Waals surface area (Å²) in [5.41, 5.74) is 1.17. The number of rotatable bonds is 3. The average Bonchev–Trinajstić information content (AvgIpc) is 2.52. The number of benzene rings is 2. The van der Waals surface area contributed by atoms with Crippen molar-refractivity contribution in [2.24, 2.45) is 0 Å². The summed E-state index contributed by atoms with van der Waals surface area (Å²) in [7, 11) is 0. The van der Waals surface area contributed by atoms with Crippen molar-refractivity contribution in [2.75, 3.05) is 5.32 Å². The van der Waals surface area contributed by atoms with Crippen LogP contribution in [-0.4, -0.2) is 10.5 Å². The fraction of sp³-hybridized carbons (Fsp3) is 0.111. The highest BCUT2D eigenvalue weighted by Gasteiger charge is 2.09. The van der Waals surface area contributed by atoms with E-state index in [1.54, 1.807) is 19.2 Å². The van der Waals surface area contributed by atoms with Gasteiger partial charge in [0, 0.05) is 27.3 Å². The highest BCUT2D eigenvalue weighted by atomic mass is 79.9. The molecule has 1 N–H and O–H groups in total. The van der Waals surface area contributed by atoms with E-state index in [-0.39, 0.29) is 18.0 Å². The van der Waals surface area contributed by atoms with Crippen molar-refractivity contribution in [2.45, 2.75) is 13.5 Å². The third kappa shape index (κ3) is 3.35. The first kappa shape index (κ1) is 15.5. The highest BCUT2D eigenvalue weighted by Crippen LogP contribution is 2.22. The highest BCUT2D eigenvalue weighted by molar-refractivity contribution is 9.10. The normalized spacial score (nSPS) is 10.7. The van der Waals surface area contributed by atoms with Crippen LogP contribution in [-0.2, 0) is 11.3 Å². The number of carbonyl (C=O) groups is 1. The molecule has 0 aliphatic rings. The molecule has 1 heterocycles. The van der Waals surface area contributed by atoms with Crippen LogP contribution in [0, 0.1) is 6.92 Å². The SMILES string of the molecule is Cc1cc(Br)cn(CC(=O)Nc2cccc3ccccc23)c1=O. The Morgan fingerprint density at radius 1 is 1.17 bits per heavy atom. The summed E-state index contributed by atoms with van der Waals surface area (Å²) < 4.78 is 2.17. The largest absolute Gasteiger partial charge is 0.324 e. The number of hydrogen-bond donors (Lipinski definition) is 1. The minimum atomic E-state index is -0.235. The van der Waals surface area contributed by atoms with Crippen LogP contribution in [0.15, 0.2) is 64.0 Å². The minimum Gasteiger partial charge on any atom is -0.324 e. The summed E-state index contributed by atoms with van der Waals surface area (Å²) in [6.07, 6.45) is 1.62. The first-order valence-electron chi connectivity index (χ1n) is 7.19. The second-order valence-electron chi connectivity index (χ2n) is 5.35. The van der Waals surface area contributed by atoms with Gasteiger partial charge in [0.25, 0.3) is 5.56 Å². The second kappa shape index (κ2) is 6.38. The molecule has 1 aromatic heterocycles. The van der Waals surface area contributed by atoms with Crippen LogP contribution in [0.1, 0.15) is 5.56 Å². The Labute approximate surface area is 141 Å². The number of pyridine rings is 1. The lowest BCUT2D eigenvalue weighted by Crippen LogP contribution is -2.28. The first-order valence-corrected chi connectivity index (χ1v) is 7.98. The van der Waals surface area contributed by atoms with E-state index < -0.39 is 0 Å². The van der Waals surface area contributed by atoms with Gasteiger partial charge in [-0.2, -0.15) is 0 Å². The summed E-state index contributed by atoms with van der Waals surface area (Å²) in [6.45, 7) is 1.70. The number of fused-ring (bicyclic) bond motifs is 1. The van der Waals surface area contributed by atoms with Gasteiger partial charge in [-0.25, -0.2) is 0 Å². The first-order chi connectivity index (χ1) is 11.0. The number of aromatic nitrogens is 1. The molecule has 0 aliphatic carbocycles. The van der Waals surface area contributed by atoms with Crippen molar-refractivity contribution in [3.63, 3.8) is 0 Å². The van der Waals surface area contributed by atoms with Gasteiger partial charge in [-0.3, -0.25) is 9.59 Å². The van der Waals surface area contributed by atoms with Crippen molar-refractivity contribution < 1.29 is 4.79 Å². The molecular formula is C18H15BrN2O2. The molecule has 116 valence electrons. The van der Waals surface area contributed by atoms with E-state index in [0.29, 0.717) is 5.56 Å². The molecule has 0 fully saturated rings. The Morgan fingerprint density at radius 3 is 2.74 bits per heavy atom. The van der Waals surface area contributed by atoms with Gasteiger partial charge in [-0.05, 0) is 40.4 Å². The van der Waals surface area contributed by atoms with Gasteiger partial charge in [-0.15, -0.1) is 0 Å². The summed E-state index contributed by atoms with van der Waals surface area (Å²) in [5.74, 6) is -0.235. The van der Waals surface area contributed by atoms with Crippen LogP contribution in [0.2, 0.25) is 0 Å². The van der Waals surface area contributed by atoms with Crippen LogP contribution >= 0.6 is 15.9 Å². The predicted octanol–water partition coefficient (Wildman–Crippen LogP) is 3.71. The molecule has 3 aromatic rings. The van der Waals surface area contributed by atoms with E-state index in [0.717, 1.165) is 20.9 Å². The Hall–Kier alpha value is -2.40. The second-order valence-corrected chi connectivity index (χ2v) is 6.26. The molecule has 5 heteroatoms. The van der Waals surface area contributed by atoms with Crippen LogP contribution in [0.5, 0.6) is 0 Å². The molecule has 0 bridgehead atoms. The number of anilines is 1. The van der Waals surface area contributed by atoms with Gasteiger partial charge in [0.15, 0.2) is 0 Å². The molecule has 3 rings (SSSR count). The minimum absolute atomic E-state index is 0.0255. The zero-order valence-corrected chi connectivity index (χ0v) is 14.1. The molecule has 0 saturated carbocycles. The van der Waals surface area contributed by atoms with Crippen molar-refractivity contribution in [3.8, 4) is 0 Å². The lowest BCUT2D eigenvalue weighted by molar-refractivity contribution is -0.116. The molecule has 2 aromatic carbocycles. The third-order valence-corrected chi connectivity index (χ3v) is 4.04. The van der Waals surface area contributed by atoms with E-state index in [9.17, 15) is 9.59 Å². The van der Waals surface area contributed by atoms with E-state index in [1.807, 2.05) is 42.5 Å². The number of halogens is 1. The van der Waals surface area contributed by atoms with Gasteiger partial charge in [0.1, 0.15) is 6.54 Å². The van der Waals surface area contributed by atoms with E-state index in [1.165, 1.54) is 4.57 Å². The fourth-order valence-corrected chi connectivity index (χ4v) is 3.13. The molecule has 23 heavy (non-hydrogen) atoms. The van der Waals surface area contributed by atoms with Crippen molar-refractivity contribution >= 4 is 38.3 Å². The predicted molar refractivity (Wildman–Crippen MR) is 95.7 cm³/mol. The van der Waals surface area contributed by atoms with Crippen LogP contribution in [0.4, 0.5) is 5.69 Å². The molecule has 4 nitrogen and oxygen atoms in total. The topological polar surface area (TPSA) is 51.1 Å². The van der Waals surface area contributed by atoms with Crippen molar-refractivity contribution in [1.82, 2.24) is 4.57 Å². The Balaban J connectivity index is 1.86. The van der Waals surface area contributed by atoms with Crippen molar-refractivity contribution in [1.29, 1.82) is 0 Å². The zero-order chi connectivity index (χ0) is 16.4. The van der Waals surface area contributed by atoms with E-state index in [2.05, 4.69) is 21.2 Å². The third-order valence-electron chi connectivity index (χ3n) is 3.61. The monoisotopic (exact) mass is 370 g/mol. The van der Waals surface area contributed by atoms with Gasteiger partial charge >= 0.3 is 0 Å². The number of aryl methyl sites for hydroxylation is 1. The van der Waals surface area contributed by atoms with Crippen LogP contribution in [0.3, 0.4) is 0 Å². The zero-order valence-electron chi connectivity index (χ0n) is 12.5. The van der Waals surface area contributed by atoms with E-state index in [4.69, 9.17) is 0 Å². The standard InChI is InChI=1S/C18H15BrN2O2/c1-12-9-14(19)10-21(18(12)23)11-17(22)20-16-8-4-6-13-5-2-3-7-15(13)16/h2-10H,11H2,1H3,(H,20,22).